The van der Waals surface area contributed by atoms with Crippen molar-refractivity contribution in [3.63, 3.8) is 0 Å². The van der Waals surface area contributed by atoms with Gasteiger partial charge < -0.3 is 9.47 Å². The summed E-state index contributed by atoms with van der Waals surface area (Å²) in [6.07, 6.45) is 7.52. The van der Waals surface area contributed by atoms with Gasteiger partial charge in [-0.1, -0.05) is 70.2 Å². The monoisotopic (exact) mass is 565 g/mol. The van der Waals surface area contributed by atoms with Crippen LogP contribution in [-0.4, -0.2) is 35.0 Å². The lowest BCUT2D eigenvalue weighted by molar-refractivity contribution is -0.118. The maximum absolute atomic E-state index is 12.6. The van der Waals surface area contributed by atoms with Crippen LogP contribution in [0.15, 0.2) is 79.3 Å². The molecule has 41 heavy (non-hydrogen) atoms. The zero-order valence-corrected chi connectivity index (χ0v) is 25.0. The maximum Gasteiger partial charge on any atom is 0.231 e. The zero-order chi connectivity index (χ0) is 30.6. The minimum absolute atomic E-state index is 0.0381. The molecule has 0 unspecified atom stereocenters. The summed E-state index contributed by atoms with van der Waals surface area (Å²) in [6.45, 7) is 9.41. The van der Waals surface area contributed by atoms with Crippen molar-refractivity contribution in [2.45, 2.75) is 59.8 Å². The van der Waals surface area contributed by atoms with Crippen LogP contribution in [0.4, 0.5) is 8.78 Å². The number of Topliss-reactive ketones (excluding diaryl/α,β-unsaturated/α-hetero) is 1. The van der Waals surface area contributed by atoms with Gasteiger partial charge >= 0.3 is 0 Å². The summed E-state index contributed by atoms with van der Waals surface area (Å²) < 4.78 is 35.0. The summed E-state index contributed by atoms with van der Waals surface area (Å²) in [4.78, 5) is 23.1. The van der Waals surface area contributed by atoms with Crippen LogP contribution in [0.1, 0.15) is 62.9 Å². The van der Waals surface area contributed by atoms with Crippen molar-refractivity contribution in [2.75, 3.05) is 14.2 Å². The molecule has 4 rings (SSSR count). The molecule has 0 aliphatic heterocycles. The van der Waals surface area contributed by atoms with Crippen LogP contribution in [0.2, 0.25) is 0 Å². The number of hydrogen-bond acceptors (Lipinski definition) is 6. The third-order valence-electron chi connectivity index (χ3n) is 5.99. The molecule has 4 aromatic rings. The van der Waals surface area contributed by atoms with Gasteiger partial charge in [-0.05, 0) is 49.4 Å². The van der Waals surface area contributed by atoms with Crippen LogP contribution >= 0.6 is 0 Å². The molecule has 0 aliphatic rings. The Morgan fingerprint density at radius 1 is 0.732 bits per heavy atom. The van der Waals surface area contributed by atoms with Gasteiger partial charge in [0.05, 0.1) is 32.3 Å². The van der Waals surface area contributed by atoms with Crippen molar-refractivity contribution >= 4 is 5.78 Å². The lowest BCUT2D eigenvalue weighted by Crippen LogP contribution is -2.03. The molecular weight excluding hydrogens is 524 g/mol. The molecule has 0 fully saturated rings. The van der Waals surface area contributed by atoms with Gasteiger partial charge in [-0.25, -0.2) is 18.7 Å². The number of rotatable bonds is 7. The largest absolute Gasteiger partial charge is 0.481 e. The number of ketones is 1. The number of ether oxygens (including phenoxy) is 2. The molecule has 220 valence electrons. The smallest absolute Gasteiger partial charge is 0.231 e. The number of carbonyl (C=O) groups excluding carboxylic acids is 1. The fraction of sp³-hybridized carbons (Fsp3) is 0.333. The van der Waals surface area contributed by atoms with Crippen LogP contribution in [-0.2, 0) is 24.1 Å². The highest BCUT2D eigenvalue weighted by Gasteiger charge is 2.08. The Bertz CT molecular complexity index is 1160. The number of methoxy groups -OCH3 is 2. The highest BCUT2D eigenvalue weighted by atomic mass is 19.1. The van der Waals surface area contributed by atoms with Crippen molar-refractivity contribution in [1.82, 2.24) is 15.0 Å². The standard InChI is InChI=1S/C10H12O.C8H8F2.C8H11NO.C7H10N2O/c1-8(9(2)11)10-6-4-3-5-7-10;1-2-6-7(9)4-3-5-8(6)10;1-3-7-4-5-8(10-2)9-6-7;1-3-6-4-9-7(10-2)5-8-6/h3-8H,1-2H3;3-5H,2H2,1H3;4-6H,3H2,1-2H3;4-5H,3H2,1-2H3/t8-;;;/m0.../s1. The Balaban J connectivity index is 0.000000274. The van der Waals surface area contributed by atoms with Gasteiger partial charge in [-0.3, -0.25) is 9.78 Å². The molecule has 0 saturated carbocycles. The fourth-order valence-corrected chi connectivity index (χ4v) is 3.22. The minimum atomic E-state index is -0.456. The summed E-state index contributed by atoms with van der Waals surface area (Å²) in [5, 5.41) is 0. The number of nitrogens with zero attached hydrogens (tertiary/aromatic N) is 3. The van der Waals surface area contributed by atoms with Crippen LogP contribution in [0.3, 0.4) is 0 Å². The van der Waals surface area contributed by atoms with E-state index in [1.165, 1.54) is 23.8 Å². The third-order valence-corrected chi connectivity index (χ3v) is 5.99. The number of carbonyl (C=O) groups is 1. The Morgan fingerprint density at radius 3 is 1.73 bits per heavy atom. The topological polar surface area (TPSA) is 74.2 Å². The number of halogens is 2. The van der Waals surface area contributed by atoms with E-state index in [-0.39, 0.29) is 17.3 Å². The molecule has 0 N–H and O–H groups in total. The summed E-state index contributed by atoms with van der Waals surface area (Å²) in [6, 6.07) is 17.6. The Labute approximate surface area is 242 Å². The molecule has 0 spiro atoms. The molecule has 1 atom stereocenters. The number of aromatic nitrogens is 3. The molecule has 0 amide bonds. The average molecular weight is 566 g/mol. The molecule has 0 bridgehead atoms. The first-order valence-electron chi connectivity index (χ1n) is 13.5. The minimum Gasteiger partial charge on any atom is -0.481 e. The quantitative estimate of drug-likeness (QED) is 0.230. The zero-order valence-electron chi connectivity index (χ0n) is 25.0. The van der Waals surface area contributed by atoms with Crippen molar-refractivity contribution in [2.24, 2.45) is 0 Å². The van der Waals surface area contributed by atoms with E-state index in [2.05, 4.69) is 21.9 Å². The Hall–Kier alpha value is -4.20. The van der Waals surface area contributed by atoms with Gasteiger partial charge in [0.25, 0.3) is 0 Å². The van der Waals surface area contributed by atoms with Gasteiger partial charge in [0, 0.05) is 23.7 Å². The van der Waals surface area contributed by atoms with E-state index in [9.17, 15) is 13.6 Å². The first kappa shape index (κ1) is 34.8. The molecule has 6 nitrogen and oxygen atoms in total. The molecular formula is C33H41F2N3O3. The van der Waals surface area contributed by atoms with E-state index in [0.717, 1.165) is 24.1 Å². The lowest BCUT2D eigenvalue weighted by atomic mass is 9.98. The van der Waals surface area contributed by atoms with Crippen molar-refractivity contribution in [1.29, 1.82) is 0 Å². The Morgan fingerprint density at radius 2 is 1.34 bits per heavy atom. The van der Waals surface area contributed by atoms with Crippen molar-refractivity contribution in [3.05, 3.63) is 113 Å². The first-order chi connectivity index (χ1) is 19.7. The molecule has 2 aromatic heterocycles. The molecule has 0 aliphatic carbocycles. The van der Waals surface area contributed by atoms with E-state index in [1.54, 1.807) is 40.5 Å². The molecule has 2 aromatic carbocycles. The fourth-order valence-electron chi connectivity index (χ4n) is 3.22. The maximum atomic E-state index is 12.6. The lowest BCUT2D eigenvalue weighted by Gasteiger charge is -2.05. The van der Waals surface area contributed by atoms with Crippen molar-refractivity contribution in [3.8, 4) is 11.8 Å². The van der Waals surface area contributed by atoms with Gasteiger partial charge in [0.2, 0.25) is 11.8 Å². The van der Waals surface area contributed by atoms with Crippen LogP contribution < -0.4 is 9.47 Å². The number of benzene rings is 2. The third kappa shape index (κ3) is 13.1. The summed E-state index contributed by atoms with van der Waals surface area (Å²) >= 11 is 0. The van der Waals surface area contributed by atoms with Gasteiger partial charge in [-0.15, -0.1) is 0 Å². The molecule has 0 radical (unpaired) electrons. The highest BCUT2D eigenvalue weighted by molar-refractivity contribution is 5.82. The normalized spacial score (nSPS) is 10.4. The van der Waals surface area contributed by atoms with E-state index in [0.29, 0.717) is 18.2 Å². The number of pyridine rings is 1. The molecule has 2 heterocycles. The van der Waals surface area contributed by atoms with Gasteiger partial charge in [0.15, 0.2) is 0 Å². The second-order valence-corrected chi connectivity index (χ2v) is 8.76. The summed E-state index contributed by atoms with van der Waals surface area (Å²) in [5.41, 5.74) is 3.49. The van der Waals surface area contributed by atoms with Gasteiger partial charge in [0.1, 0.15) is 17.4 Å². The van der Waals surface area contributed by atoms with Crippen LogP contribution in [0, 0.1) is 11.6 Å². The van der Waals surface area contributed by atoms with E-state index in [4.69, 9.17) is 9.47 Å². The molecule has 0 saturated heterocycles. The highest BCUT2D eigenvalue weighted by Crippen LogP contribution is 2.14. The van der Waals surface area contributed by atoms with Crippen LogP contribution in [0.5, 0.6) is 11.8 Å². The average Bonchev–Trinajstić information content (AvgIpc) is 3.02. The number of aryl methyl sites for hydroxylation is 2. The predicted molar refractivity (Wildman–Crippen MR) is 159 cm³/mol. The second kappa shape index (κ2) is 19.8. The number of hydrogen-bond donors (Lipinski definition) is 0. The SMILES string of the molecule is CC(=O)[C@H](C)c1ccccc1.CCc1c(F)cccc1F.CCc1ccc(OC)nc1.CCc1cnc(OC)cn1. The molecule has 8 heteroatoms. The van der Waals surface area contributed by atoms with Gasteiger partial charge in [-0.2, -0.15) is 0 Å². The van der Waals surface area contributed by atoms with E-state index >= 15 is 0 Å². The van der Waals surface area contributed by atoms with Crippen molar-refractivity contribution < 1.29 is 23.0 Å². The summed E-state index contributed by atoms with van der Waals surface area (Å²) in [5.74, 6) is 0.590. The second-order valence-electron chi connectivity index (χ2n) is 8.76. The van der Waals surface area contributed by atoms with Crippen LogP contribution in [0.25, 0.3) is 0 Å². The van der Waals surface area contributed by atoms with E-state index in [1.807, 2.05) is 62.5 Å². The summed E-state index contributed by atoms with van der Waals surface area (Å²) in [7, 11) is 3.20. The predicted octanol–water partition coefficient (Wildman–Crippen LogP) is 7.61. The van der Waals surface area contributed by atoms with E-state index < -0.39 is 11.6 Å². The Kier molecular flexibility index (Phi) is 16.8. The first-order valence-corrected chi connectivity index (χ1v) is 13.5.